The van der Waals surface area contributed by atoms with E-state index in [4.69, 9.17) is 4.74 Å². The Hall–Kier alpha value is -2.74. The van der Waals surface area contributed by atoms with Gasteiger partial charge in [0.25, 0.3) is 5.69 Å². The number of benzene rings is 1. The number of anilines is 1. The minimum atomic E-state index is -1.10. The minimum absolute atomic E-state index is 0.156. The molecule has 0 radical (unpaired) electrons. The van der Waals surface area contributed by atoms with Gasteiger partial charge in [0.1, 0.15) is 5.92 Å². The highest BCUT2D eigenvalue weighted by Crippen LogP contribution is 2.39. The van der Waals surface area contributed by atoms with Gasteiger partial charge in [0.15, 0.2) is 0 Å². The molecular weight excluding hydrogens is 292 g/mol. The standard InChI is InChI=1S/C14H12N2O6/c17-13(15-7-2-1-3-8(6-7)16(20)21)11-9-4-5-10(22-9)12(11)14(18)19/h1-6,9-12H,(H,15,17)(H,18,19)/t9-,10+,11-,12+/m1/s1. The van der Waals surface area contributed by atoms with Crippen LogP contribution in [0.1, 0.15) is 0 Å². The molecule has 0 aromatic heterocycles. The van der Waals surface area contributed by atoms with E-state index in [9.17, 15) is 24.8 Å². The topological polar surface area (TPSA) is 119 Å². The maximum atomic E-state index is 12.3. The number of hydrogen-bond acceptors (Lipinski definition) is 5. The molecule has 2 bridgehead atoms. The van der Waals surface area contributed by atoms with Crippen molar-refractivity contribution in [2.45, 2.75) is 12.2 Å². The maximum Gasteiger partial charge on any atom is 0.310 e. The molecule has 4 atom stereocenters. The van der Waals surface area contributed by atoms with Gasteiger partial charge in [0.05, 0.1) is 23.0 Å². The number of fused-ring (bicyclic) bond motifs is 2. The zero-order valence-electron chi connectivity index (χ0n) is 11.2. The Morgan fingerprint density at radius 3 is 2.55 bits per heavy atom. The van der Waals surface area contributed by atoms with Crippen LogP contribution in [0.3, 0.4) is 0 Å². The van der Waals surface area contributed by atoms with Crippen molar-refractivity contribution in [2.24, 2.45) is 11.8 Å². The third-order valence-corrected chi connectivity index (χ3v) is 3.81. The van der Waals surface area contributed by atoms with Gasteiger partial charge in [-0.05, 0) is 6.07 Å². The Bertz CT molecular complexity index is 686. The SMILES string of the molecule is O=C(O)[C@@H]1[C@H](C(=O)Nc2cccc([N+](=O)[O-])c2)[C@H]2C=C[C@@H]1O2. The van der Waals surface area contributed by atoms with E-state index < -0.39 is 40.8 Å². The predicted octanol–water partition coefficient (Wildman–Crippen LogP) is 1.19. The first kappa shape index (κ1) is 14.2. The highest BCUT2D eigenvalue weighted by atomic mass is 16.6. The minimum Gasteiger partial charge on any atom is -0.481 e. The molecule has 1 amide bonds. The Morgan fingerprint density at radius 1 is 1.23 bits per heavy atom. The molecule has 3 rings (SSSR count). The fourth-order valence-electron chi connectivity index (χ4n) is 2.84. The molecule has 2 aliphatic heterocycles. The van der Waals surface area contributed by atoms with E-state index in [-0.39, 0.29) is 11.4 Å². The number of rotatable bonds is 4. The summed E-state index contributed by atoms with van der Waals surface area (Å²) in [5.41, 5.74) is 0.0896. The van der Waals surface area contributed by atoms with E-state index in [0.717, 1.165) is 0 Å². The predicted molar refractivity (Wildman–Crippen MR) is 74.1 cm³/mol. The number of nitro benzene ring substituents is 1. The Kier molecular flexibility index (Phi) is 3.38. The molecule has 2 heterocycles. The van der Waals surface area contributed by atoms with Gasteiger partial charge in [-0.3, -0.25) is 19.7 Å². The summed E-state index contributed by atoms with van der Waals surface area (Å²) in [4.78, 5) is 33.8. The average Bonchev–Trinajstić information content (AvgIpc) is 3.07. The summed E-state index contributed by atoms with van der Waals surface area (Å²) in [6.07, 6.45) is 2.12. The maximum absolute atomic E-state index is 12.3. The normalized spacial score (nSPS) is 28.5. The van der Waals surface area contributed by atoms with Crippen LogP contribution in [0, 0.1) is 22.0 Å². The van der Waals surface area contributed by atoms with Crippen molar-refractivity contribution in [1.82, 2.24) is 0 Å². The number of aliphatic carboxylic acids is 1. The Labute approximate surface area is 124 Å². The Balaban J connectivity index is 1.80. The molecule has 0 unspecified atom stereocenters. The van der Waals surface area contributed by atoms with Crippen molar-refractivity contribution in [3.05, 3.63) is 46.5 Å². The van der Waals surface area contributed by atoms with Gasteiger partial charge in [0.2, 0.25) is 5.91 Å². The van der Waals surface area contributed by atoms with Gasteiger partial charge in [-0.25, -0.2) is 0 Å². The summed E-state index contributed by atoms with van der Waals surface area (Å²) in [6, 6.07) is 5.47. The average molecular weight is 304 g/mol. The van der Waals surface area contributed by atoms with E-state index in [1.54, 1.807) is 12.2 Å². The van der Waals surface area contributed by atoms with Crippen molar-refractivity contribution in [1.29, 1.82) is 0 Å². The van der Waals surface area contributed by atoms with Crippen LogP contribution in [0.5, 0.6) is 0 Å². The van der Waals surface area contributed by atoms with E-state index in [1.165, 1.54) is 24.3 Å². The molecule has 22 heavy (non-hydrogen) atoms. The highest BCUT2D eigenvalue weighted by Gasteiger charge is 2.53. The van der Waals surface area contributed by atoms with Crippen molar-refractivity contribution in [3.63, 3.8) is 0 Å². The number of nitrogens with one attached hydrogen (secondary N) is 1. The fourth-order valence-corrected chi connectivity index (χ4v) is 2.84. The highest BCUT2D eigenvalue weighted by molar-refractivity contribution is 5.96. The second kappa shape index (κ2) is 5.23. The number of carboxylic acids is 1. The lowest BCUT2D eigenvalue weighted by Crippen LogP contribution is -2.39. The van der Waals surface area contributed by atoms with Crippen LogP contribution in [-0.2, 0) is 14.3 Å². The van der Waals surface area contributed by atoms with E-state index in [2.05, 4.69) is 5.32 Å². The van der Waals surface area contributed by atoms with E-state index in [0.29, 0.717) is 0 Å². The van der Waals surface area contributed by atoms with Crippen LogP contribution in [-0.4, -0.2) is 34.1 Å². The smallest absolute Gasteiger partial charge is 0.310 e. The number of ether oxygens (including phenoxy) is 1. The Morgan fingerprint density at radius 2 is 1.91 bits per heavy atom. The summed E-state index contributed by atoms with van der Waals surface area (Å²) < 4.78 is 5.42. The lowest BCUT2D eigenvalue weighted by atomic mass is 9.82. The number of carbonyl (C=O) groups is 2. The fraction of sp³-hybridized carbons (Fsp3) is 0.286. The number of carboxylic acid groups (broad SMARTS) is 1. The van der Waals surface area contributed by atoms with E-state index >= 15 is 0 Å². The van der Waals surface area contributed by atoms with Crippen LogP contribution < -0.4 is 5.32 Å². The molecule has 0 aliphatic carbocycles. The van der Waals surface area contributed by atoms with Crippen LogP contribution >= 0.6 is 0 Å². The number of nitro groups is 1. The van der Waals surface area contributed by atoms with Crippen molar-refractivity contribution in [3.8, 4) is 0 Å². The summed E-state index contributed by atoms with van der Waals surface area (Å²) >= 11 is 0. The molecule has 1 aromatic rings. The number of amides is 1. The number of hydrogen-bond donors (Lipinski definition) is 2. The van der Waals surface area contributed by atoms with Gasteiger partial charge < -0.3 is 15.2 Å². The molecule has 0 spiro atoms. The molecule has 1 saturated heterocycles. The van der Waals surface area contributed by atoms with Gasteiger partial charge in [-0.2, -0.15) is 0 Å². The zero-order valence-corrected chi connectivity index (χ0v) is 11.2. The largest absolute Gasteiger partial charge is 0.481 e. The first-order valence-corrected chi connectivity index (χ1v) is 6.59. The summed E-state index contributed by atoms with van der Waals surface area (Å²) in [6.45, 7) is 0. The molecule has 1 fully saturated rings. The monoisotopic (exact) mass is 304 g/mol. The number of carbonyl (C=O) groups excluding carboxylic acids is 1. The molecule has 8 nitrogen and oxygen atoms in total. The van der Waals surface area contributed by atoms with Gasteiger partial charge in [0, 0.05) is 17.8 Å². The van der Waals surface area contributed by atoms with Crippen LogP contribution in [0.15, 0.2) is 36.4 Å². The number of non-ortho nitro benzene ring substituents is 1. The molecule has 2 N–H and O–H groups in total. The third kappa shape index (κ3) is 2.33. The first-order chi connectivity index (χ1) is 10.5. The molecular formula is C14H12N2O6. The van der Waals surface area contributed by atoms with Gasteiger partial charge in [-0.15, -0.1) is 0 Å². The quantitative estimate of drug-likeness (QED) is 0.490. The number of nitrogens with zero attached hydrogens (tertiary/aromatic N) is 1. The summed E-state index contributed by atoms with van der Waals surface area (Å²) in [5, 5.41) is 22.5. The molecule has 114 valence electrons. The lowest BCUT2D eigenvalue weighted by molar-refractivity contribution is -0.384. The van der Waals surface area contributed by atoms with Crippen LogP contribution in [0.25, 0.3) is 0 Å². The van der Waals surface area contributed by atoms with Crippen molar-refractivity contribution >= 4 is 23.3 Å². The molecule has 2 aliphatic rings. The van der Waals surface area contributed by atoms with Crippen LogP contribution in [0.4, 0.5) is 11.4 Å². The zero-order chi connectivity index (χ0) is 15.9. The van der Waals surface area contributed by atoms with Crippen molar-refractivity contribution < 1.29 is 24.4 Å². The van der Waals surface area contributed by atoms with Gasteiger partial charge >= 0.3 is 5.97 Å². The van der Waals surface area contributed by atoms with Crippen molar-refractivity contribution in [2.75, 3.05) is 5.32 Å². The summed E-state index contributed by atoms with van der Waals surface area (Å²) in [7, 11) is 0. The second-order valence-electron chi connectivity index (χ2n) is 5.14. The molecule has 8 heteroatoms. The molecule has 0 saturated carbocycles. The second-order valence-corrected chi connectivity index (χ2v) is 5.14. The van der Waals surface area contributed by atoms with Gasteiger partial charge in [-0.1, -0.05) is 18.2 Å². The first-order valence-electron chi connectivity index (χ1n) is 6.59. The van der Waals surface area contributed by atoms with E-state index in [1.807, 2.05) is 0 Å². The third-order valence-electron chi connectivity index (χ3n) is 3.81. The molecule has 1 aromatic carbocycles. The van der Waals surface area contributed by atoms with Crippen LogP contribution in [0.2, 0.25) is 0 Å². The summed E-state index contributed by atoms with van der Waals surface area (Å²) in [5.74, 6) is -3.43. The lowest BCUT2D eigenvalue weighted by Gasteiger charge is -2.20.